The number of carbonyl (C=O) groups excluding carboxylic acids is 1. The first kappa shape index (κ1) is 15.7. The summed E-state index contributed by atoms with van der Waals surface area (Å²) in [5.41, 5.74) is 4.56. The van der Waals surface area contributed by atoms with Gasteiger partial charge in [-0.05, 0) is 42.7 Å². The van der Waals surface area contributed by atoms with Gasteiger partial charge in [-0.3, -0.25) is 4.79 Å². The number of pyridine rings is 1. The first-order valence-corrected chi connectivity index (χ1v) is 7.69. The summed E-state index contributed by atoms with van der Waals surface area (Å²) >= 11 is 0. The van der Waals surface area contributed by atoms with Gasteiger partial charge in [0.25, 0.3) is 5.91 Å². The maximum Gasteiger partial charge on any atom is 0.279 e. The van der Waals surface area contributed by atoms with Crippen LogP contribution in [-0.2, 0) is 0 Å². The molecule has 0 aliphatic rings. The van der Waals surface area contributed by atoms with Crippen LogP contribution in [0.5, 0.6) is 0 Å². The van der Waals surface area contributed by atoms with Crippen LogP contribution in [0.4, 0.5) is 0 Å². The summed E-state index contributed by atoms with van der Waals surface area (Å²) in [5.74, 6) is -0.377. The van der Waals surface area contributed by atoms with Crippen LogP contribution in [0.1, 0.15) is 21.5 Å². The molecule has 1 heterocycles. The van der Waals surface area contributed by atoms with Gasteiger partial charge in [0.1, 0.15) is 0 Å². The molecule has 0 spiro atoms. The molecule has 4 nitrogen and oxygen atoms in total. The van der Waals surface area contributed by atoms with Gasteiger partial charge in [-0.15, -0.1) is 0 Å². The van der Waals surface area contributed by atoms with Crippen molar-refractivity contribution in [2.75, 3.05) is 0 Å². The number of aromatic nitrogens is 1. The minimum atomic E-state index is -0.377. The summed E-state index contributed by atoms with van der Waals surface area (Å²) in [6, 6.07) is 18.7. The lowest BCUT2D eigenvalue weighted by Crippen LogP contribution is -2.19. The largest absolute Gasteiger partial charge is 0.427 e. The number of hydrogen-bond donors (Lipinski definition) is 1. The zero-order valence-corrected chi connectivity index (χ0v) is 13.6. The van der Waals surface area contributed by atoms with Crippen LogP contribution in [0.15, 0.2) is 71.9 Å². The second-order valence-corrected chi connectivity index (χ2v) is 5.68. The van der Waals surface area contributed by atoms with Crippen molar-refractivity contribution in [3.63, 3.8) is 0 Å². The monoisotopic (exact) mass is 318 g/mol. The van der Waals surface area contributed by atoms with Crippen molar-refractivity contribution >= 4 is 5.91 Å². The van der Waals surface area contributed by atoms with Crippen LogP contribution >= 0.6 is 0 Å². The van der Waals surface area contributed by atoms with Gasteiger partial charge in [-0.25, -0.2) is 0 Å². The lowest BCUT2D eigenvalue weighted by Gasteiger charge is -2.10. The van der Waals surface area contributed by atoms with Crippen molar-refractivity contribution in [1.29, 1.82) is 0 Å². The van der Waals surface area contributed by atoms with Gasteiger partial charge in [0.15, 0.2) is 5.49 Å². The highest BCUT2D eigenvalue weighted by molar-refractivity contribution is 6.02. The second kappa shape index (κ2) is 6.54. The SMILES string of the molecule is Cc1ccc(-c2cccc(C)c2C(=O)N=c2ccccn2O)cc1. The summed E-state index contributed by atoms with van der Waals surface area (Å²) in [4.78, 5) is 16.8. The van der Waals surface area contributed by atoms with Crippen LogP contribution in [0, 0.1) is 13.8 Å². The molecule has 0 radical (unpaired) electrons. The molecule has 2 aromatic carbocycles. The minimum absolute atomic E-state index is 0.195. The molecule has 0 aliphatic carbocycles. The van der Waals surface area contributed by atoms with E-state index in [2.05, 4.69) is 4.99 Å². The molecule has 0 atom stereocenters. The molecule has 0 unspecified atom stereocenters. The van der Waals surface area contributed by atoms with Gasteiger partial charge in [0.2, 0.25) is 0 Å². The summed E-state index contributed by atoms with van der Waals surface area (Å²) < 4.78 is 0.835. The Bertz CT molecular complexity index is 954. The van der Waals surface area contributed by atoms with Crippen LogP contribution in [0.25, 0.3) is 11.1 Å². The maximum absolute atomic E-state index is 12.8. The summed E-state index contributed by atoms with van der Waals surface area (Å²) in [7, 11) is 0. The number of carbonyl (C=O) groups is 1. The molecule has 4 heteroatoms. The summed E-state index contributed by atoms with van der Waals surface area (Å²) in [6.45, 7) is 3.91. The van der Waals surface area contributed by atoms with E-state index in [-0.39, 0.29) is 11.4 Å². The smallest absolute Gasteiger partial charge is 0.279 e. The lowest BCUT2D eigenvalue weighted by molar-refractivity contribution is 0.0988. The number of aryl methyl sites for hydroxylation is 2. The Morgan fingerprint density at radius 1 is 0.958 bits per heavy atom. The fourth-order valence-corrected chi connectivity index (χ4v) is 2.60. The van der Waals surface area contributed by atoms with Crippen molar-refractivity contribution in [2.24, 2.45) is 4.99 Å². The molecule has 1 N–H and O–H groups in total. The van der Waals surface area contributed by atoms with Crippen molar-refractivity contribution < 1.29 is 10.0 Å². The van der Waals surface area contributed by atoms with Gasteiger partial charge < -0.3 is 5.21 Å². The van der Waals surface area contributed by atoms with Crippen LogP contribution < -0.4 is 5.49 Å². The topological polar surface area (TPSA) is 54.6 Å². The van der Waals surface area contributed by atoms with E-state index < -0.39 is 0 Å². The minimum Gasteiger partial charge on any atom is -0.427 e. The van der Waals surface area contributed by atoms with Crippen molar-refractivity contribution in [3.05, 3.63) is 89.0 Å². The molecule has 3 rings (SSSR count). The average molecular weight is 318 g/mol. The Balaban J connectivity index is 2.14. The van der Waals surface area contributed by atoms with E-state index in [1.807, 2.05) is 56.3 Å². The number of benzene rings is 2. The van der Waals surface area contributed by atoms with Gasteiger partial charge in [0, 0.05) is 6.20 Å². The first-order valence-electron chi connectivity index (χ1n) is 7.69. The Morgan fingerprint density at radius 3 is 2.42 bits per heavy atom. The normalized spacial score (nSPS) is 11.5. The van der Waals surface area contributed by atoms with Crippen molar-refractivity contribution in [2.45, 2.75) is 13.8 Å². The van der Waals surface area contributed by atoms with E-state index in [1.165, 1.54) is 6.20 Å². The zero-order chi connectivity index (χ0) is 17.1. The van der Waals surface area contributed by atoms with Crippen LogP contribution in [-0.4, -0.2) is 15.8 Å². The molecule has 1 amide bonds. The van der Waals surface area contributed by atoms with Gasteiger partial charge >= 0.3 is 0 Å². The Kier molecular flexibility index (Phi) is 4.29. The predicted molar refractivity (Wildman–Crippen MR) is 92.9 cm³/mol. The molecule has 24 heavy (non-hydrogen) atoms. The van der Waals surface area contributed by atoms with Crippen LogP contribution in [0.2, 0.25) is 0 Å². The number of rotatable bonds is 2. The molecular weight excluding hydrogens is 300 g/mol. The highest BCUT2D eigenvalue weighted by Gasteiger charge is 2.15. The second-order valence-electron chi connectivity index (χ2n) is 5.68. The third kappa shape index (κ3) is 3.13. The third-order valence-electron chi connectivity index (χ3n) is 3.88. The van der Waals surface area contributed by atoms with E-state index in [1.54, 1.807) is 18.2 Å². The molecule has 0 bridgehead atoms. The first-order chi connectivity index (χ1) is 11.6. The number of hydrogen-bond acceptors (Lipinski definition) is 2. The average Bonchev–Trinajstić information content (AvgIpc) is 2.57. The standard InChI is InChI=1S/C20H18N2O2/c1-14-9-11-16(12-10-14)17-7-5-6-15(2)19(17)20(23)21-18-8-3-4-13-22(18)24/h3-13,24H,1-2H3. The van der Waals surface area contributed by atoms with Crippen molar-refractivity contribution in [1.82, 2.24) is 4.73 Å². The van der Waals surface area contributed by atoms with Gasteiger partial charge in [0.05, 0.1) is 5.56 Å². The quantitative estimate of drug-likeness (QED) is 0.732. The number of amides is 1. The molecule has 0 saturated carbocycles. The van der Waals surface area contributed by atoms with E-state index in [9.17, 15) is 10.0 Å². The molecule has 0 aliphatic heterocycles. The Morgan fingerprint density at radius 2 is 1.71 bits per heavy atom. The van der Waals surface area contributed by atoms with E-state index in [4.69, 9.17) is 0 Å². The van der Waals surface area contributed by atoms with Gasteiger partial charge in [-0.2, -0.15) is 9.72 Å². The Hall–Kier alpha value is -3.14. The van der Waals surface area contributed by atoms with Crippen LogP contribution in [0.3, 0.4) is 0 Å². The maximum atomic E-state index is 12.8. The van der Waals surface area contributed by atoms with E-state index in [0.29, 0.717) is 5.56 Å². The molecule has 3 aromatic rings. The fourth-order valence-electron chi connectivity index (χ4n) is 2.60. The molecule has 120 valence electrons. The molecule has 1 aromatic heterocycles. The lowest BCUT2D eigenvalue weighted by atomic mass is 9.95. The predicted octanol–water partition coefficient (Wildman–Crippen LogP) is 3.75. The Labute approximate surface area is 140 Å². The number of nitrogens with zero attached hydrogens (tertiary/aromatic N) is 2. The third-order valence-corrected chi connectivity index (χ3v) is 3.88. The van der Waals surface area contributed by atoms with E-state index in [0.717, 1.165) is 27.0 Å². The summed E-state index contributed by atoms with van der Waals surface area (Å²) in [6.07, 6.45) is 1.44. The fraction of sp³-hybridized carbons (Fsp3) is 0.100. The molecule has 0 fully saturated rings. The van der Waals surface area contributed by atoms with E-state index >= 15 is 0 Å². The zero-order valence-electron chi connectivity index (χ0n) is 13.6. The highest BCUT2D eigenvalue weighted by Crippen LogP contribution is 2.27. The van der Waals surface area contributed by atoms with Crippen molar-refractivity contribution in [3.8, 4) is 11.1 Å². The molecular formula is C20H18N2O2. The summed E-state index contributed by atoms with van der Waals surface area (Å²) in [5, 5.41) is 9.76. The highest BCUT2D eigenvalue weighted by atomic mass is 16.5. The molecule has 0 saturated heterocycles. The van der Waals surface area contributed by atoms with Gasteiger partial charge in [-0.1, -0.05) is 54.1 Å².